The van der Waals surface area contributed by atoms with Crippen molar-refractivity contribution in [3.05, 3.63) is 0 Å². The van der Waals surface area contributed by atoms with Gasteiger partial charge < -0.3 is 5.73 Å². The van der Waals surface area contributed by atoms with Crippen LogP contribution in [0.3, 0.4) is 0 Å². The highest BCUT2D eigenvalue weighted by atomic mass is 32.2. The van der Waals surface area contributed by atoms with E-state index in [0.717, 1.165) is 0 Å². The zero-order valence-electron chi connectivity index (χ0n) is 8.09. The molecule has 1 unspecified atom stereocenters. The largest absolute Gasteiger partial charge is 0.326 e. The van der Waals surface area contributed by atoms with Crippen molar-refractivity contribution in [2.24, 2.45) is 11.1 Å². The van der Waals surface area contributed by atoms with E-state index in [1.165, 1.54) is 0 Å². The molecular weight excluding hydrogens is 174 g/mol. The van der Waals surface area contributed by atoms with Crippen LogP contribution in [0.15, 0.2) is 0 Å². The second-order valence-electron chi connectivity index (χ2n) is 4.83. The maximum absolute atomic E-state index is 11.6. The van der Waals surface area contributed by atoms with Crippen LogP contribution in [-0.4, -0.2) is 25.0 Å². The van der Waals surface area contributed by atoms with Crippen molar-refractivity contribution in [2.45, 2.75) is 38.5 Å². The molecule has 0 aromatic carbocycles. The first-order valence-corrected chi connectivity index (χ1v) is 5.74. The van der Waals surface area contributed by atoms with Crippen molar-refractivity contribution in [1.29, 1.82) is 0 Å². The highest BCUT2D eigenvalue weighted by Gasteiger charge is 2.55. The third-order valence-electron chi connectivity index (χ3n) is 2.95. The van der Waals surface area contributed by atoms with Gasteiger partial charge in [0, 0.05) is 6.04 Å². The Morgan fingerprint density at radius 2 is 1.67 bits per heavy atom. The summed E-state index contributed by atoms with van der Waals surface area (Å²) in [6, 6.07) is -0.269. The molecule has 12 heavy (non-hydrogen) atoms. The first kappa shape index (κ1) is 9.99. The fraction of sp³-hybridized carbons (Fsp3) is 1.00. The van der Waals surface area contributed by atoms with Crippen LogP contribution in [0, 0.1) is 5.41 Å². The van der Waals surface area contributed by atoms with Gasteiger partial charge in [-0.05, 0) is 19.3 Å². The third kappa shape index (κ3) is 1.09. The molecule has 3 nitrogen and oxygen atoms in total. The molecule has 1 fully saturated rings. The molecule has 4 heteroatoms. The van der Waals surface area contributed by atoms with Crippen LogP contribution in [0.5, 0.6) is 0 Å². The first-order valence-electron chi connectivity index (χ1n) is 4.09. The Kier molecular flexibility index (Phi) is 1.86. The molecule has 1 atom stereocenters. The number of hydrogen-bond acceptors (Lipinski definition) is 3. The van der Waals surface area contributed by atoms with Crippen molar-refractivity contribution in [3.63, 3.8) is 0 Å². The van der Waals surface area contributed by atoms with Gasteiger partial charge in [-0.25, -0.2) is 8.42 Å². The lowest BCUT2D eigenvalue weighted by molar-refractivity contribution is 0.310. The van der Waals surface area contributed by atoms with E-state index in [9.17, 15) is 8.42 Å². The summed E-state index contributed by atoms with van der Waals surface area (Å²) in [5, 5.41) is 0. The minimum Gasteiger partial charge on any atom is -0.326 e. The summed E-state index contributed by atoms with van der Waals surface area (Å²) in [5.41, 5.74) is 5.60. The highest BCUT2D eigenvalue weighted by Crippen LogP contribution is 2.41. The summed E-state index contributed by atoms with van der Waals surface area (Å²) in [5.74, 6) is 0.203. The van der Waals surface area contributed by atoms with Crippen LogP contribution in [0.25, 0.3) is 0 Å². The first-order chi connectivity index (χ1) is 5.11. The van der Waals surface area contributed by atoms with Gasteiger partial charge in [0.2, 0.25) is 0 Å². The summed E-state index contributed by atoms with van der Waals surface area (Å²) >= 11 is 0. The summed E-state index contributed by atoms with van der Waals surface area (Å²) in [4.78, 5) is 0. The molecule has 0 spiro atoms. The maximum atomic E-state index is 11.6. The van der Waals surface area contributed by atoms with Crippen LogP contribution in [0.4, 0.5) is 0 Å². The Morgan fingerprint density at radius 1 is 1.25 bits per heavy atom. The summed E-state index contributed by atoms with van der Waals surface area (Å²) in [7, 11) is -3.01. The molecule has 1 heterocycles. The van der Waals surface area contributed by atoms with Crippen LogP contribution in [-0.2, 0) is 9.84 Å². The fourth-order valence-corrected chi connectivity index (χ4v) is 4.14. The second kappa shape index (κ2) is 2.23. The second-order valence-corrected chi connectivity index (χ2v) is 7.40. The minimum absolute atomic E-state index is 0.203. The third-order valence-corrected chi connectivity index (χ3v) is 5.94. The van der Waals surface area contributed by atoms with Crippen molar-refractivity contribution >= 4 is 9.84 Å². The molecular formula is C8H17NO2S. The standard InChI is InChI=1S/C8H17NO2S/c1-7(2)5-12(10,11)8(3,4)6(7)9/h6H,5,9H2,1-4H3. The number of nitrogens with two attached hydrogens (primary N) is 1. The van der Waals surface area contributed by atoms with Crippen LogP contribution >= 0.6 is 0 Å². The van der Waals surface area contributed by atoms with Crippen molar-refractivity contribution in [3.8, 4) is 0 Å². The van der Waals surface area contributed by atoms with E-state index < -0.39 is 14.6 Å². The van der Waals surface area contributed by atoms with Gasteiger partial charge in [0.05, 0.1) is 10.5 Å². The Morgan fingerprint density at radius 3 is 1.75 bits per heavy atom. The van der Waals surface area contributed by atoms with E-state index in [1.807, 2.05) is 13.8 Å². The lowest BCUT2D eigenvalue weighted by atomic mass is 9.81. The zero-order chi connectivity index (χ0) is 9.78. The molecule has 0 aliphatic carbocycles. The predicted octanol–water partition coefficient (Wildman–Crippen LogP) is 0.547. The Balaban J connectivity index is 3.24. The molecule has 0 amide bonds. The van der Waals surface area contributed by atoms with Crippen LogP contribution < -0.4 is 5.73 Å². The molecule has 0 radical (unpaired) electrons. The summed E-state index contributed by atoms with van der Waals surface area (Å²) < 4.78 is 22.5. The Hall–Kier alpha value is -0.0900. The lowest BCUT2D eigenvalue weighted by Gasteiger charge is -2.28. The van der Waals surface area contributed by atoms with E-state index in [1.54, 1.807) is 13.8 Å². The van der Waals surface area contributed by atoms with Crippen LogP contribution in [0.1, 0.15) is 27.7 Å². The van der Waals surface area contributed by atoms with Crippen molar-refractivity contribution in [1.82, 2.24) is 0 Å². The van der Waals surface area contributed by atoms with Gasteiger partial charge >= 0.3 is 0 Å². The number of hydrogen-bond donors (Lipinski definition) is 1. The van der Waals surface area contributed by atoms with E-state index in [2.05, 4.69) is 0 Å². The minimum atomic E-state index is -3.01. The van der Waals surface area contributed by atoms with Gasteiger partial charge in [0.25, 0.3) is 0 Å². The van der Waals surface area contributed by atoms with Crippen molar-refractivity contribution < 1.29 is 8.42 Å². The SMILES string of the molecule is CC1(C)CS(=O)(=O)C(C)(C)C1N. The fourth-order valence-electron chi connectivity index (χ4n) is 1.90. The highest BCUT2D eigenvalue weighted by molar-refractivity contribution is 7.93. The molecule has 0 aromatic heterocycles. The van der Waals surface area contributed by atoms with Gasteiger partial charge in [0.1, 0.15) is 0 Å². The molecule has 1 aliphatic rings. The Labute approximate surface area is 74.3 Å². The quantitative estimate of drug-likeness (QED) is 0.608. The van der Waals surface area contributed by atoms with Gasteiger partial charge in [0.15, 0.2) is 9.84 Å². The predicted molar refractivity (Wildman–Crippen MR) is 49.6 cm³/mol. The smallest absolute Gasteiger partial charge is 0.157 e. The maximum Gasteiger partial charge on any atom is 0.157 e. The average molecular weight is 191 g/mol. The van der Waals surface area contributed by atoms with Gasteiger partial charge in [-0.2, -0.15) is 0 Å². The van der Waals surface area contributed by atoms with E-state index in [-0.39, 0.29) is 17.2 Å². The monoisotopic (exact) mass is 191 g/mol. The molecule has 1 rings (SSSR count). The normalized spacial score (nSPS) is 36.6. The Bertz CT molecular complexity index is 290. The van der Waals surface area contributed by atoms with Crippen LogP contribution in [0.2, 0.25) is 0 Å². The lowest BCUT2D eigenvalue weighted by Crippen LogP contribution is -2.47. The number of rotatable bonds is 0. The van der Waals surface area contributed by atoms with Crippen molar-refractivity contribution in [2.75, 3.05) is 5.75 Å². The topological polar surface area (TPSA) is 60.2 Å². The van der Waals surface area contributed by atoms with Gasteiger partial charge in [-0.3, -0.25) is 0 Å². The van der Waals surface area contributed by atoms with E-state index in [4.69, 9.17) is 5.73 Å². The number of sulfone groups is 1. The van der Waals surface area contributed by atoms with Gasteiger partial charge in [-0.1, -0.05) is 13.8 Å². The van der Waals surface area contributed by atoms with E-state index >= 15 is 0 Å². The molecule has 2 N–H and O–H groups in total. The zero-order valence-corrected chi connectivity index (χ0v) is 8.90. The molecule has 0 bridgehead atoms. The van der Waals surface area contributed by atoms with Gasteiger partial charge in [-0.15, -0.1) is 0 Å². The molecule has 1 saturated heterocycles. The van der Waals surface area contributed by atoms with E-state index in [0.29, 0.717) is 0 Å². The molecule has 0 saturated carbocycles. The summed E-state index contributed by atoms with van der Waals surface area (Å²) in [6.45, 7) is 7.23. The molecule has 72 valence electrons. The average Bonchev–Trinajstić information content (AvgIpc) is 1.90. The summed E-state index contributed by atoms with van der Waals surface area (Å²) in [6.07, 6.45) is 0. The molecule has 0 aromatic rings. The molecule has 1 aliphatic heterocycles.